The third-order valence-corrected chi connectivity index (χ3v) is 4.10. The van der Waals surface area contributed by atoms with Crippen molar-refractivity contribution in [2.75, 3.05) is 0 Å². The predicted molar refractivity (Wildman–Crippen MR) is 75.5 cm³/mol. The standard InChI is InChI=1S/C15H16N2S/c1-11-8-13(9-16)5-6-14(11)10-17-12(2)15-4-3-7-18-15/h3-8,12,17H,10H2,1-2H3. The Morgan fingerprint density at radius 3 is 2.83 bits per heavy atom. The lowest BCUT2D eigenvalue weighted by Gasteiger charge is -2.13. The zero-order valence-corrected chi connectivity index (χ0v) is 11.4. The second-order valence-electron chi connectivity index (χ2n) is 4.37. The van der Waals surface area contributed by atoms with Gasteiger partial charge < -0.3 is 5.32 Å². The van der Waals surface area contributed by atoms with Gasteiger partial charge in [0.05, 0.1) is 11.6 Å². The molecule has 0 saturated carbocycles. The minimum absolute atomic E-state index is 0.361. The van der Waals surface area contributed by atoms with Crippen LogP contribution in [0.5, 0.6) is 0 Å². The molecule has 2 aromatic rings. The van der Waals surface area contributed by atoms with Crippen molar-refractivity contribution >= 4 is 11.3 Å². The topological polar surface area (TPSA) is 35.8 Å². The van der Waals surface area contributed by atoms with Gasteiger partial charge in [-0.05, 0) is 48.6 Å². The molecule has 18 heavy (non-hydrogen) atoms. The Labute approximate surface area is 112 Å². The van der Waals surface area contributed by atoms with E-state index in [0.717, 1.165) is 12.1 Å². The average molecular weight is 256 g/mol. The Morgan fingerprint density at radius 2 is 2.22 bits per heavy atom. The van der Waals surface area contributed by atoms with Crippen molar-refractivity contribution in [3.05, 3.63) is 57.3 Å². The summed E-state index contributed by atoms with van der Waals surface area (Å²) in [6.07, 6.45) is 0. The van der Waals surface area contributed by atoms with E-state index in [-0.39, 0.29) is 0 Å². The number of aryl methyl sites for hydroxylation is 1. The van der Waals surface area contributed by atoms with Gasteiger partial charge in [-0.2, -0.15) is 5.26 Å². The van der Waals surface area contributed by atoms with Gasteiger partial charge in [-0.1, -0.05) is 12.1 Å². The average Bonchev–Trinajstić information content (AvgIpc) is 2.90. The maximum Gasteiger partial charge on any atom is 0.0991 e. The summed E-state index contributed by atoms with van der Waals surface area (Å²) in [6, 6.07) is 12.6. The van der Waals surface area contributed by atoms with Gasteiger partial charge in [0, 0.05) is 17.5 Å². The van der Waals surface area contributed by atoms with E-state index in [4.69, 9.17) is 5.26 Å². The molecule has 0 aliphatic heterocycles. The summed E-state index contributed by atoms with van der Waals surface area (Å²) in [5, 5.41) is 14.4. The van der Waals surface area contributed by atoms with Crippen molar-refractivity contribution in [2.24, 2.45) is 0 Å². The summed E-state index contributed by atoms with van der Waals surface area (Å²) < 4.78 is 0. The molecule has 0 aliphatic carbocycles. The number of benzene rings is 1. The molecule has 0 saturated heterocycles. The number of rotatable bonds is 4. The van der Waals surface area contributed by atoms with Crippen LogP contribution in [-0.2, 0) is 6.54 Å². The molecular weight excluding hydrogens is 240 g/mol. The van der Waals surface area contributed by atoms with Crippen molar-refractivity contribution in [1.82, 2.24) is 5.32 Å². The number of nitriles is 1. The van der Waals surface area contributed by atoms with Crippen molar-refractivity contribution in [1.29, 1.82) is 5.26 Å². The summed E-state index contributed by atoms with van der Waals surface area (Å²) in [4.78, 5) is 1.35. The quantitative estimate of drug-likeness (QED) is 0.903. The van der Waals surface area contributed by atoms with E-state index in [9.17, 15) is 0 Å². The van der Waals surface area contributed by atoms with Gasteiger partial charge >= 0.3 is 0 Å². The summed E-state index contributed by atoms with van der Waals surface area (Å²) >= 11 is 1.77. The van der Waals surface area contributed by atoms with Crippen LogP contribution in [0.25, 0.3) is 0 Å². The lowest BCUT2D eigenvalue weighted by molar-refractivity contribution is 0.581. The van der Waals surface area contributed by atoms with Crippen LogP contribution in [-0.4, -0.2) is 0 Å². The molecule has 1 atom stereocenters. The van der Waals surface area contributed by atoms with E-state index in [1.807, 2.05) is 25.1 Å². The monoisotopic (exact) mass is 256 g/mol. The highest BCUT2D eigenvalue weighted by atomic mass is 32.1. The van der Waals surface area contributed by atoms with Crippen molar-refractivity contribution in [3.8, 4) is 6.07 Å². The molecule has 0 radical (unpaired) electrons. The highest BCUT2D eigenvalue weighted by Crippen LogP contribution is 2.19. The Hall–Kier alpha value is -1.63. The summed E-state index contributed by atoms with van der Waals surface area (Å²) in [5.74, 6) is 0. The van der Waals surface area contributed by atoms with Gasteiger partial charge in [0.1, 0.15) is 0 Å². The largest absolute Gasteiger partial charge is 0.305 e. The molecule has 0 amide bonds. The van der Waals surface area contributed by atoms with Gasteiger partial charge in [-0.25, -0.2) is 0 Å². The fourth-order valence-corrected chi connectivity index (χ4v) is 2.62. The molecule has 0 bridgehead atoms. The molecule has 0 fully saturated rings. The predicted octanol–water partition coefficient (Wildman–Crippen LogP) is 3.78. The molecule has 0 aliphatic rings. The number of thiophene rings is 1. The smallest absolute Gasteiger partial charge is 0.0991 e. The van der Waals surface area contributed by atoms with Crippen LogP contribution >= 0.6 is 11.3 Å². The Kier molecular flexibility index (Phi) is 4.14. The molecule has 3 heteroatoms. The normalized spacial score (nSPS) is 12.1. The zero-order valence-electron chi connectivity index (χ0n) is 10.6. The Bertz CT molecular complexity index is 552. The Morgan fingerprint density at radius 1 is 1.39 bits per heavy atom. The number of nitrogens with zero attached hydrogens (tertiary/aromatic N) is 1. The lowest BCUT2D eigenvalue weighted by Crippen LogP contribution is -2.17. The molecule has 1 N–H and O–H groups in total. The van der Waals surface area contributed by atoms with Crippen LogP contribution < -0.4 is 5.32 Å². The van der Waals surface area contributed by atoms with Crippen molar-refractivity contribution < 1.29 is 0 Å². The first-order chi connectivity index (χ1) is 8.70. The molecular formula is C15H16N2S. The molecule has 0 spiro atoms. The van der Waals surface area contributed by atoms with Crippen LogP contribution in [0.15, 0.2) is 35.7 Å². The highest BCUT2D eigenvalue weighted by Gasteiger charge is 2.06. The molecule has 2 nitrogen and oxygen atoms in total. The minimum Gasteiger partial charge on any atom is -0.305 e. The molecule has 92 valence electrons. The van der Waals surface area contributed by atoms with Gasteiger partial charge in [0.15, 0.2) is 0 Å². The molecule has 1 aromatic heterocycles. The summed E-state index contributed by atoms with van der Waals surface area (Å²) in [5.41, 5.74) is 3.14. The fraction of sp³-hybridized carbons (Fsp3) is 0.267. The number of nitrogens with one attached hydrogen (secondary N) is 1. The number of hydrogen-bond acceptors (Lipinski definition) is 3. The first-order valence-electron chi connectivity index (χ1n) is 5.97. The van der Waals surface area contributed by atoms with E-state index in [0.29, 0.717) is 6.04 Å². The van der Waals surface area contributed by atoms with Gasteiger partial charge in [0.2, 0.25) is 0 Å². The molecule has 1 aromatic carbocycles. The molecule has 1 heterocycles. The molecule has 1 unspecified atom stereocenters. The van der Waals surface area contributed by atoms with E-state index >= 15 is 0 Å². The summed E-state index contributed by atoms with van der Waals surface area (Å²) in [6.45, 7) is 5.05. The number of hydrogen-bond donors (Lipinski definition) is 1. The van der Waals surface area contributed by atoms with Crippen LogP contribution in [0.2, 0.25) is 0 Å². The highest BCUT2D eigenvalue weighted by molar-refractivity contribution is 7.10. The van der Waals surface area contributed by atoms with E-state index < -0.39 is 0 Å². The van der Waals surface area contributed by atoms with Gasteiger partial charge in [-0.15, -0.1) is 11.3 Å². The lowest BCUT2D eigenvalue weighted by atomic mass is 10.1. The van der Waals surface area contributed by atoms with Crippen molar-refractivity contribution in [3.63, 3.8) is 0 Å². The molecule has 2 rings (SSSR count). The third-order valence-electron chi connectivity index (χ3n) is 3.04. The van der Waals surface area contributed by atoms with Crippen LogP contribution in [0.4, 0.5) is 0 Å². The summed E-state index contributed by atoms with van der Waals surface area (Å²) in [7, 11) is 0. The van der Waals surface area contributed by atoms with E-state index in [2.05, 4.69) is 35.8 Å². The zero-order chi connectivity index (χ0) is 13.0. The van der Waals surface area contributed by atoms with Crippen LogP contribution in [0, 0.1) is 18.3 Å². The van der Waals surface area contributed by atoms with Crippen molar-refractivity contribution in [2.45, 2.75) is 26.4 Å². The van der Waals surface area contributed by atoms with E-state index in [1.165, 1.54) is 16.0 Å². The first-order valence-corrected chi connectivity index (χ1v) is 6.85. The second kappa shape index (κ2) is 5.81. The van der Waals surface area contributed by atoms with Crippen LogP contribution in [0.3, 0.4) is 0 Å². The van der Waals surface area contributed by atoms with Gasteiger partial charge in [-0.3, -0.25) is 0 Å². The first kappa shape index (κ1) is 12.8. The van der Waals surface area contributed by atoms with E-state index in [1.54, 1.807) is 11.3 Å². The van der Waals surface area contributed by atoms with Crippen LogP contribution in [0.1, 0.15) is 34.5 Å². The SMILES string of the molecule is Cc1cc(C#N)ccc1CNC(C)c1cccs1. The maximum atomic E-state index is 8.83. The second-order valence-corrected chi connectivity index (χ2v) is 5.35. The fourth-order valence-electron chi connectivity index (χ4n) is 1.87. The minimum atomic E-state index is 0.361. The van der Waals surface area contributed by atoms with Gasteiger partial charge in [0.25, 0.3) is 0 Å². The third kappa shape index (κ3) is 2.98. The maximum absolute atomic E-state index is 8.83. The Balaban J connectivity index is 2.00.